The minimum absolute atomic E-state index is 0.581. The van der Waals surface area contributed by atoms with Gasteiger partial charge in [0, 0.05) is 44.8 Å². The molecule has 7 heteroatoms. The average Bonchev–Trinajstić information content (AvgIpc) is 3.11. The molecule has 3 heterocycles. The third-order valence-corrected chi connectivity index (χ3v) is 4.32. The number of aromatic nitrogens is 3. The molecule has 1 aliphatic heterocycles. The monoisotopic (exact) mass is 338 g/mol. The van der Waals surface area contributed by atoms with E-state index < -0.39 is 0 Å². The van der Waals surface area contributed by atoms with Gasteiger partial charge in [-0.15, -0.1) is 0 Å². The largest absolute Gasteiger partial charge is 0.378 e. The quantitative estimate of drug-likeness (QED) is 0.762. The first kappa shape index (κ1) is 15.7. The summed E-state index contributed by atoms with van der Waals surface area (Å²) < 4.78 is 5.41. The zero-order valence-electron chi connectivity index (χ0n) is 14.5. The molecule has 1 saturated heterocycles. The summed E-state index contributed by atoms with van der Waals surface area (Å²) in [4.78, 5) is 16.7. The van der Waals surface area contributed by atoms with Gasteiger partial charge in [-0.3, -0.25) is 0 Å². The van der Waals surface area contributed by atoms with E-state index in [0.29, 0.717) is 5.95 Å². The first-order valence-electron chi connectivity index (χ1n) is 8.43. The Morgan fingerprint density at radius 3 is 2.56 bits per heavy atom. The van der Waals surface area contributed by atoms with Crippen LogP contribution < -0.4 is 15.1 Å². The van der Waals surface area contributed by atoms with Crippen molar-refractivity contribution in [1.29, 1.82) is 0 Å². The number of rotatable bonds is 4. The lowest BCUT2D eigenvalue weighted by Gasteiger charge is -2.28. The van der Waals surface area contributed by atoms with Crippen LogP contribution >= 0.6 is 0 Å². The van der Waals surface area contributed by atoms with Gasteiger partial charge in [-0.2, -0.15) is 9.97 Å². The summed E-state index contributed by atoms with van der Waals surface area (Å²) in [6.07, 6.45) is 1.88. The molecule has 0 radical (unpaired) electrons. The van der Waals surface area contributed by atoms with Crippen LogP contribution in [0.15, 0.2) is 36.5 Å². The minimum Gasteiger partial charge on any atom is -0.378 e. The number of anilines is 4. The van der Waals surface area contributed by atoms with Crippen molar-refractivity contribution >= 4 is 34.2 Å². The van der Waals surface area contributed by atoms with Crippen LogP contribution in [0.4, 0.5) is 23.1 Å². The summed E-state index contributed by atoms with van der Waals surface area (Å²) in [6, 6.07) is 10.3. The second kappa shape index (κ2) is 6.60. The van der Waals surface area contributed by atoms with E-state index in [1.165, 1.54) is 5.69 Å². The van der Waals surface area contributed by atoms with Crippen molar-refractivity contribution in [3.63, 3.8) is 0 Å². The summed E-state index contributed by atoms with van der Waals surface area (Å²) in [5, 5.41) is 4.31. The fourth-order valence-corrected chi connectivity index (χ4v) is 3.03. The van der Waals surface area contributed by atoms with Crippen molar-refractivity contribution in [1.82, 2.24) is 15.0 Å². The van der Waals surface area contributed by atoms with E-state index in [0.717, 1.165) is 48.8 Å². The molecule has 1 fully saturated rings. The van der Waals surface area contributed by atoms with Gasteiger partial charge in [0.25, 0.3) is 0 Å². The van der Waals surface area contributed by atoms with Crippen molar-refractivity contribution < 1.29 is 4.74 Å². The molecule has 0 aliphatic carbocycles. The Bertz CT molecular complexity index is 852. The fourth-order valence-electron chi connectivity index (χ4n) is 3.03. The maximum absolute atomic E-state index is 5.41. The molecule has 2 N–H and O–H groups in total. The van der Waals surface area contributed by atoms with Gasteiger partial charge in [0.1, 0.15) is 11.5 Å². The molecule has 1 aliphatic rings. The number of ether oxygens (including phenoxy) is 1. The molecule has 25 heavy (non-hydrogen) atoms. The van der Waals surface area contributed by atoms with Crippen molar-refractivity contribution in [3.8, 4) is 0 Å². The van der Waals surface area contributed by atoms with E-state index in [1.807, 2.05) is 31.3 Å². The molecule has 3 aromatic rings. The summed E-state index contributed by atoms with van der Waals surface area (Å²) in [5.74, 6) is 1.47. The maximum Gasteiger partial charge on any atom is 0.231 e. The highest BCUT2D eigenvalue weighted by Crippen LogP contribution is 2.25. The lowest BCUT2D eigenvalue weighted by Crippen LogP contribution is -2.36. The van der Waals surface area contributed by atoms with Gasteiger partial charge in [0.05, 0.1) is 18.6 Å². The van der Waals surface area contributed by atoms with Gasteiger partial charge in [-0.1, -0.05) is 0 Å². The predicted octanol–water partition coefficient (Wildman–Crippen LogP) is 2.60. The number of hydrogen-bond acceptors (Lipinski definition) is 6. The summed E-state index contributed by atoms with van der Waals surface area (Å²) in [7, 11) is 3.96. The molecule has 130 valence electrons. The van der Waals surface area contributed by atoms with Crippen LogP contribution in [0.5, 0.6) is 0 Å². The third kappa shape index (κ3) is 3.23. The molecular formula is C18H22N6O. The number of hydrogen-bond donors (Lipinski definition) is 2. The molecule has 0 saturated carbocycles. The average molecular weight is 338 g/mol. The Labute approximate surface area is 146 Å². The first-order chi connectivity index (χ1) is 12.2. The Morgan fingerprint density at radius 1 is 1.08 bits per heavy atom. The highest BCUT2D eigenvalue weighted by Gasteiger charge is 2.12. The molecule has 0 atom stereocenters. The SMILES string of the molecule is CN(C)c1nc(Nc2ccc(N3CCOCC3)cc2)nc2[nH]ccc12. The van der Waals surface area contributed by atoms with Crippen LogP contribution in [0.3, 0.4) is 0 Å². The van der Waals surface area contributed by atoms with Crippen LogP contribution in [0.25, 0.3) is 11.0 Å². The Morgan fingerprint density at radius 2 is 1.84 bits per heavy atom. The highest BCUT2D eigenvalue weighted by atomic mass is 16.5. The van der Waals surface area contributed by atoms with Crippen molar-refractivity contribution in [2.75, 3.05) is 55.5 Å². The molecule has 0 spiro atoms. The summed E-state index contributed by atoms with van der Waals surface area (Å²) in [5.41, 5.74) is 3.00. The smallest absolute Gasteiger partial charge is 0.231 e. The lowest BCUT2D eigenvalue weighted by molar-refractivity contribution is 0.122. The number of nitrogens with one attached hydrogen (secondary N) is 2. The van der Waals surface area contributed by atoms with E-state index in [2.05, 4.69) is 49.4 Å². The number of nitrogens with zero attached hydrogens (tertiary/aromatic N) is 4. The van der Waals surface area contributed by atoms with Gasteiger partial charge >= 0.3 is 0 Å². The van der Waals surface area contributed by atoms with Gasteiger partial charge in [-0.05, 0) is 30.3 Å². The Hall–Kier alpha value is -2.80. The molecule has 1 aromatic carbocycles. The molecule has 0 bridgehead atoms. The van der Waals surface area contributed by atoms with Gasteiger partial charge in [0.15, 0.2) is 0 Å². The van der Waals surface area contributed by atoms with Gasteiger partial charge in [-0.25, -0.2) is 0 Å². The van der Waals surface area contributed by atoms with E-state index in [1.54, 1.807) is 0 Å². The van der Waals surface area contributed by atoms with Crippen LogP contribution in [0.1, 0.15) is 0 Å². The van der Waals surface area contributed by atoms with E-state index in [-0.39, 0.29) is 0 Å². The van der Waals surface area contributed by atoms with Crippen LogP contribution in [0.2, 0.25) is 0 Å². The van der Waals surface area contributed by atoms with E-state index >= 15 is 0 Å². The standard InChI is InChI=1S/C18H22N6O/c1-23(2)17-15-7-8-19-16(15)21-18(22-17)20-13-3-5-14(6-4-13)24-9-11-25-12-10-24/h3-8H,9-12H2,1-2H3,(H2,19,20,21,22). The zero-order chi connectivity index (χ0) is 17.2. The maximum atomic E-state index is 5.41. The number of benzene rings is 1. The normalized spacial score (nSPS) is 14.7. The van der Waals surface area contributed by atoms with Crippen LogP contribution in [0, 0.1) is 0 Å². The molecule has 0 amide bonds. The van der Waals surface area contributed by atoms with E-state index in [9.17, 15) is 0 Å². The number of fused-ring (bicyclic) bond motifs is 1. The Balaban J connectivity index is 1.56. The lowest BCUT2D eigenvalue weighted by atomic mass is 10.2. The van der Waals surface area contributed by atoms with Crippen molar-refractivity contribution in [2.24, 2.45) is 0 Å². The van der Waals surface area contributed by atoms with Crippen molar-refractivity contribution in [3.05, 3.63) is 36.5 Å². The van der Waals surface area contributed by atoms with Crippen LogP contribution in [-0.2, 0) is 4.74 Å². The van der Waals surface area contributed by atoms with E-state index in [4.69, 9.17) is 4.74 Å². The molecule has 2 aromatic heterocycles. The van der Waals surface area contributed by atoms with Crippen molar-refractivity contribution in [2.45, 2.75) is 0 Å². The topological polar surface area (TPSA) is 69.3 Å². The molecular weight excluding hydrogens is 316 g/mol. The Kier molecular flexibility index (Phi) is 4.15. The number of H-pyrrole nitrogens is 1. The summed E-state index contributed by atoms with van der Waals surface area (Å²) in [6.45, 7) is 3.45. The predicted molar refractivity (Wildman–Crippen MR) is 101 cm³/mol. The molecule has 0 unspecified atom stereocenters. The minimum atomic E-state index is 0.581. The second-order valence-corrected chi connectivity index (χ2v) is 6.28. The zero-order valence-corrected chi connectivity index (χ0v) is 14.5. The first-order valence-corrected chi connectivity index (χ1v) is 8.43. The van der Waals surface area contributed by atoms with Crippen LogP contribution in [-0.4, -0.2) is 55.4 Å². The fraction of sp³-hybridized carbons (Fsp3) is 0.333. The van der Waals surface area contributed by atoms with Gasteiger partial charge in [0.2, 0.25) is 5.95 Å². The number of morpholine rings is 1. The summed E-state index contributed by atoms with van der Waals surface area (Å²) >= 11 is 0. The number of aromatic amines is 1. The second-order valence-electron chi connectivity index (χ2n) is 6.28. The molecule has 7 nitrogen and oxygen atoms in total. The van der Waals surface area contributed by atoms with Gasteiger partial charge < -0.3 is 24.8 Å². The molecule has 4 rings (SSSR count). The highest BCUT2D eigenvalue weighted by molar-refractivity contribution is 5.88. The third-order valence-electron chi connectivity index (χ3n) is 4.32.